The Kier molecular flexibility index (Phi) is 1.18. The summed E-state index contributed by atoms with van der Waals surface area (Å²) >= 11 is 0. The van der Waals surface area contributed by atoms with Crippen LogP contribution in [0.4, 0.5) is 11.5 Å². The Morgan fingerprint density at radius 1 is 1.55 bits per heavy atom. The minimum absolute atomic E-state index is 0.775. The lowest BCUT2D eigenvalue weighted by Gasteiger charge is -2.13. The molecule has 0 aromatic carbocycles. The van der Waals surface area contributed by atoms with Crippen LogP contribution < -0.4 is 5.73 Å². The van der Waals surface area contributed by atoms with Crippen LogP contribution in [0.15, 0.2) is 11.2 Å². The molecule has 3 heteroatoms. The number of pyridine rings is 1. The molecule has 2 heterocycles. The molecule has 0 saturated heterocycles. The van der Waals surface area contributed by atoms with Crippen LogP contribution in [-0.4, -0.2) is 11.2 Å². The highest BCUT2D eigenvalue weighted by atomic mass is 14.9. The van der Waals surface area contributed by atoms with Crippen molar-refractivity contribution in [3.8, 4) is 0 Å². The van der Waals surface area contributed by atoms with Gasteiger partial charge >= 0.3 is 0 Å². The molecule has 2 rings (SSSR count). The zero-order chi connectivity index (χ0) is 7.84. The van der Waals surface area contributed by atoms with Crippen molar-refractivity contribution in [2.24, 2.45) is 4.99 Å². The molecule has 56 valence electrons. The number of aliphatic imine (C=N–C) groups is 1. The predicted molar refractivity (Wildman–Crippen MR) is 45.3 cm³/mol. The second-order valence-corrected chi connectivity index (χ2v) is 2.54. The second-order valence-electron chi connectivity index (χ2n) is 2.54. The molecule has 0 amide bonds. The van der Waals surface area contributed by atoms with Gasteiger partial charge in [-0.25, -0.2) is 9.98 Å². The topological polar surface area (TPSA) is 51.3 Å². The third-order valence-electron chi connectivity index (χ3n) is 1.91. The molecule has 3 nitrogen and oxygen atoms in total. The summed E-state index contributed by atoms with van der Waals surface area (Å²) in [6.07, 6.45) is 4.44. The summed E-state index contributed by atoms with van der Waals surface area (Å²) in [5, 5.41) is 0. The van der Waals surface area contributed by atoms with E-state index in [0.29, 0.717) is 0 Å². The van der Waals surface area contributed by atoms with Crippen molar-refractivity contribution in [2.75, 3.05) is 5.73 Å². The Morgan fingerprint density at radius 2 is 2.36 bits per heavy atom. The van der Waals surface area contributed by atoms with Gasteiger partial charge in [0.1, 0.15) is 0 Å². The van der Waals surface area contributed by atoms with Gasteiger partial charge in [0.2, 0.25) is 0 Å². The smallest absolute Gasteiger partial charge is 0.161 e. The predicted octanol–water partition coefficient (Wildman–Crippen LogP) is 1.29. The molecule has 0 atom stereocenters. The highest BCUT2D eigenvalue weighted by molar-refractivity contribution is 5.97. The summed E-state index contributed by atoms with van der Waals surface area (Å²) in [7, 11) is 0. The fourth-order valence-electron chi connectivity index (χ4n) is 1.26. The number of hydrogen-bond donors (Lipinski definition) is 1. The van der Waals surface area contributed by atoms with Gasteiger partial charge < -0.3 is 5.73 Å². The van der Waals surface area contributed by atoms with Gasteiger partial charge in [-0.2, -0.15) is 0 Å². The minimum atomic E-state index is 0.775. The van der Waals surface area contributed by atoms with E-state index in [9.17, 15) is 0 Å². The number of hydrogen-bond acceptors (Lipinski definition) is 3. The largest absolute Gasteiger partial charge is 0.397 e. The fourth-order valence-corrected chi connectivity index (χ4v) is 1.26. The second kappa shape index (κ2) is 2.05. The Morgan fingerprint density at radius 3 is 2.82 bits per heavy atom. The molecule has 1 aromatic heterocycles. The van der Waals surface area contributed by atoms with Crippen molar-refractivity contribution in [1.29, 1.82) is 0 Å². The quantitative estimate of drug-likeness (QED) is 0.660. The van der Waals surface area contributed by atoms with Crippen LogP contribution >= 0.6 is 0 Å². The van der Waals surface area contributed by atoms with Crippen molar-refractivity contribution in [3.63, 3.8) is 0 Å². The number of anilines is 1. The van der Waals surface area contributed by atoms with E-state index in [1.807, 2.05) is 6.21 Å². The van der Waals surface area contributed by atoms with E-state index >= 15 is 0 Å². The molecular weight excluding hydrogens is 138 g/mol. The van der Waals surface area contributed by atoms with E-state index in [0.717, 1.165) is 23.5 Å². The van der Waals surface area contributed by atoms with Gasteiger partial charge in [0.25, 0.3) is 0 Å². The lowest BCUT2D eigenvalue weighted by Crippen LogP contribution is -2.05. The van der Waals surface area contributed by atoms with Crippen LogP contribution in [0.25, 0.3) is 0 Å². The molecular formula is C8H9N3. The average molecular weight is 147 g/mol. The number of aromatic nitrogens is 1. The molecule has 11 heavy (non-hydrogen) atoms. The minimum Gasteiger partial charge on any atom is -0.397 e. The van der Waals surface area contributed by atoms with Gasteiger partial charge in [-0.05, 0) is 12.0 Å². The standard InChI is InChI=1S/C8H9N3/c1-2-5-6-3-10-8(6)11-4-7(5)9/h3-4H,2,9H2,1H3. The maximum absolute atomic E-state index is 5.71. The van der Waals surface area contributed by atoms with Crippen molar-refractivity contribution in [1.82, 2.24) is 4.98 Å². The Labute approximate surface area is 65.0 Å². The van der Waals surface area contributed by atoms with Gasteiger partial charge in [-0.1, -0.05) is 6.92 Å². The molecule has 0 fully saturated rings. The Balaban J connectivity index is 2.62. The van der Waals surface area contributed by atoms with Crippen LogP contribution in [0.1, 0.15) is 18.1 Å². The Hall–Kier alpha value is -1.38. The summed E-state index contributed by atoms with van der Waals surface area (Å²) in [4.78, 5) is 8.04. The number of rotatable bonds is 1. The molecule has 0 saturated carbocycles. The van der Waals surface area contributed by atoms with Gasteiger partial charge in [-0.3, -0.25) is 0 Å². The van der Waals surface area contributed by atoms with Gasteiger partial charge in [-0.15, -0.1) is 0 Å². The van der Waals surface area contributed by atoms with Crippen molar-refractivity contribution < 1.29 is 0 Å². The van der Waals surface area contributed by atoms with Crippen LogP contribution in [0.5, 0.6) is 0 Å². The molecule has 1 aliphatic heterocycles. The zero-order valence-electron chi connectivity index (χ0n) is 6.33. The third kappa shape index (κ3) is 0.738. The first kappa shape index (κ1) is 6.34. The maximum atomic E-state index is 5.71. The third-order valence-corrected chi connectivity index (χ3v) is 1.91. The van der Waals surface area contributed by atoms with Crippen LogP contribution in [0, 0.1) is 0 Å². The summed E-state index contributed by atoms with van der Waals surface area (Å²) in [6.45, 7) is 2.08. The van der Waals surface area contributed by atoms with Gasteiger partial charge in [0.05, 0.1) is 11.9 Å². The van der Waals surface area contributed by atoms with Crippen LogP contribution in [-0.2, 0) is 6.42 Å². The first-order valence-electron chi connectivity index (χ1n) is 3.64. The van der Waals surface area contributed by atoms with E-state index in [4.69, 9.17) is 5.73 Å². The van der Waals surface area contributed by atoms with Crippen molar-refractivity contribution >= 4 is 17.7 Å². The van der Waals surface area contributed by atoms with E-state index in [1.54, 1.807) is 6.20 Å². The number of nitrogens with zero attached hydrogens (tertiary/aromatic N) is 2. The zero-order valence-corrected chi connectivity index (χ0v) is 6.33. The Bertz CT molecular complexity index is 328. The molecule has 2 N–H and O–H groups in total. The van der Waals surface area contributed by atoms with Crippen molar-refractivity contribution in [2.45, 2.75) is 13.3 Å². The molecule has 1 aliphatic rings. The fraction of sp³-hybridized carbons (Fsp3) is 0.250. The molecule has 0 aliphatic carbocycles. The van der Waals surface area contributed by atoms with Crippen LogP contribution in [0.3, 0.4) is 0 Å². The number of nitrogen functional groups attached to an aromatic ring is 1. The van der Waals surface area contributed by atoms with Gasteiger partial charge in [0, 0.05) is 11.8 Å². The molecule has 0 spiro atoms. The SMILES string of the molecule is CCc1c(N)cnc2c1C=N2. The first-order chi connectivity index (χ1) is 5.33. The van der Waals surface area contributed by atoms with Gasteiger partial charge in [0.15, 0.2) is 5.82 Å². The summed E-state index contributed by atoms with van der Waals surface area (Å²) < 4.78 is 0. The molecule has 1 aromatic rings. The van der Waals surface area contributed by atoms with E-state index in [-0.39, 0.29) is 0 Å². The number of fused-ring (bicyclic) bond motifs is 1. The summed E-state index contributed by atoms with van der Waals surface area (Å²) in [6, 6.07) is 0. The maximum Gasteiger partial charge on any atom is 0.161 e. The van der Waals surface area contributed by atoms with E-state index in [2.05, 4.69) is 16.9 Å². The molecule has 0 radical (unpaired) electrons. The average Bonchev–Trinajstić information content (AvgIpc) is 1.95. The molecule has 0 bridgehead atoms. The van der Waals surface area contributed by atoms with Crippen LogP contribution in [0.2, 0.25) is 0 Å². The summed E-state index contributed by atoms with van der Waals surface area (Å²) in [5.41, 5.74) is 8.78. The monoisotopic (exact) mass is 147 g/mol. The van der Waals surface area contributed by atoms with E-state index < -0.39 is 0 Å². The normalized spacial score (nSPS) is 12.5. The molecule has 0 unspecified atom stereocenters. The van der Waals surface area contributed by atoms with Crippen molar-refractivity contribution in [3.05, 3.63) is 17.3 Å². The van der Waals surface area contributed by atoms with E-state index in [1.165, 1.54) is 5.56 Å². The first-order valence-corrected chi connectivity index (χ1v) is 3.64. The number of nitrogens with two attached hydrogens (primary N) is 1. The highest BCUT2D eigenvalue weighted by Gasteiger charge is 2.14. The lowest BCUT2D eigenvalue weighted by atomic mass is 10.0. The lowest BCUT2D eigenvalue weighted by molar-refractivity contribution is 1.10. The highest BCUT2D eigenvalue weighted by Crippen LogP contribution is 2.29. The summed E-state index contributed by atoms with van der Waals surface area (Å²) in [5.74, 6) is 0.830.